The maximum Gasteiger partial charge on any atom is 0.227 e. The van der Waals surface area contributed by atoms with E-state index in [0.29, 0.717) is 0 Å². The molecule has 2 aliphatic rings. The molecule has 0 spiro atoms. The zero-order valence-corrected chi connectivity index (χ0v) is 12.7. The molecule has 116 valence electrons. The van der Waals surface area contributed by atoms with Crippen LogP contribution in [0.1, 0.15) is 29.1 Å². The fourth-order valence-electron chi connectivity index (χ4n) is 3.34. The van der Waals surface area contributed by atoms with Crippen LogP contribution in [0, 0.1) is 0 Å². The van der Waals surface area contributed by atoms with Gasteiger partial charge in [-0.2, -0.15) is 10.1 Å². The molecule has 0 fully saturated rings. The molecule has 7 nitrogen and oxygen atoms in total. The Hall–Kier alpha value is -2.15. The van der Waals surface area contributed by atoms with Crippen LogP contribution < -0.4 is 10.2 Å². The Kier molecular flexibility index (Phi) is 3.22. The van der Waals surface area contributed by atoms with Gasteiger partial charge in [-0.1, -0.05) is 0 Å². The molecule has 1 aliphatic heterocycles. The zero-order valence-electron chi connectivity index (χ0n) is 12.7. The zero-order chi connectivity index (χ0) is 15.1. The molecule has 0 radical (unpaired) electrons. The molecule has 0 saturated carbocycles. The molecule has 0 bridgehead atoms. The molecule has 22 heavy (non-hydrogen) atoms. The Balaban J connectivity index is 1.65. The summed E-state index contributed by atoms with van der Waals surface area (Å²) in [6, 6.07) is 1.96. The van der Waals surface area contributed by atoms with Gasteiger partial charge in [0, 0.05) is 19.2 Å². The van der Waals surface area contributed by atoms with Gasteiger partial charge in [0.1, 0.15) is 5.82 Å². The highest BCUT2D eigenvalue weighted by molar-refractivity contribution is 5.53. The SMILES string of the molecule is CNc1nc(N2CCn3nc(CO)cc3C2)nc2c1CCC2. The normalized spacial score (nSPS) is 16.5. The summed E-state index contributed by atoms with van der Waals surface area (Å²) in [5, 5.41) is 16.8. The lowest BCUT2D eigenvalue weighted by atomic mass is 10.2. The number of hydrogen-bond donors (Lipinski definition) is 2. The van der Waals surface area contributed by atoms with Gasteiger partial charge in [0.25, 0.3) is 0 Å². The second-order valence-corrected chi connectivity index (χ2v) is 5.83. The molecule has 0 atom stereocenters. The summed E-state index contributed by atoms with van der Waals surface area (Å²) in [6.45, 7) is 2.35. The van der Waals surface area contributed by atoms with E-state index in [1.165, 1.54) is 11.3 Å². The molecule has 0 saturated heterocycles. The Morgan fingerprint density at radius 1 is 1.27 bits per heavy atom. The first-order chi connectivity index (χ1) is 10.8. The first kappa shape index (κ1) is 13.5. The molecule has 4 rings (SSSR count). The van der Waals surface area contributed by atoms with Gasteiger partial charge >= 0.3 is 0 Å². The number of aromatic nitrogens is 4. The number of aryl methyl sites for hydroxylation is 1. The van der Waals surface area contributed by atoms with Crippen LogP contribution in [0.5, 0.6) is 0 Å². The minimum Gasteiger partial charge on any atom is -0.390 e. The van der Waals surface area contributed by atoms with Gasteiger partial charge in [-0.3, -0.25) is 4.68 Å². The van der Waals surface area contributed by atoms with Gasteiger partial charge in [0.15, 0.2) is 0 Å². The number of nitrogens with zero attached hydrogens (tertiary/aromatic N) is 5. The first-order valence-electron chi connectivity index (χ1n) is 7.77. The van der Waals surface area contributed by atoms with Gasteiger partial charge in [-0.05, 0) is 25.3 Å². The third kappa shape index (κ3) is 2.12. The Morgan fingerprint density at radius 2 is 2.18 bits per heavy atom. The number of aliphatic hydroxyl groups is 1. The quantitative estimate of drug-likeness (QED) is 0.869. The highest BCUT2D eigenvalue weighted by atomic mass is 16.3. The summed E-state index contributed by atoms with van der Waals surface area (Å²) in [5.41, 5.74) is 4.29. The first-order valence-corrected chi connectivity index (χ1v) is 7.77. The van der Waals surface area contributed by atoms with E-state index >= 15 is 0 Å². The molecule has 0 unspecified atom stereocenters. The van der Waals surface area contributed by atoms with Gasteiger partial charge in [-0.25, -0.2) is 4.98 Å². The number of hydrogen-bond acceptors (Lipinski definition) is 6. The van der Waals surface area contributed by atoms with E-state index in [4.69, 9.17) is 9.97 Å². The molecular formula is C15H20N6O. The fourth-order valence-corrected chi connectivity index (χ4v) is 3.34. The predicted molar refractivity (Wildman–Crippen MR) is 82.8 cm³/mol. The number of rotatable bonds is 3. The predicted octanol–water partition coefficient (Wildman–Crippen LogP) is 0.716. The lowest BCUT2D eigenvalue weighted by Gasteiger charge is -2.28. The van der Waals surface area contributed by atoms with E-state index in [1.54, 1.807) is 0 Å². The van der Waals surface area contributed by atoms with Crippen LogP contribution in [0.15, 0.2) is 6.07 Å². The average Bonchev–Trinajstić information content (AvgIpc) is 3.18. The standard InChI is InChI=1S/C15H20N6O/c1-16-14-12-3-2-4-13(12)17-15(18-14)20-5-6-21-11(8-20)7-10(9-22)19-21/h7,22H,2-6,8-9H2,1H3,(H,16,17,18). The number of nitrogens with one attached hydrogen (secondary N) is 1. The molecule has 1 aliphatic carbocycles. The lowest BCUT2D eigenvalue weighted by Crippen LogP contribution is -2.35. The average molecular weight is 300 g/mol. The molecular weight excluding hydrogens is 280 g/mol. The van der Waals surface area contributed by atoms with E-state index in [9.17, 15) is 5.11 Å². The van der Waals surface area contributed by atoms with E-state index in [0.717, 1.165) is 62.1 Å². The minimum absolute atomic E-state index is 0.0146. The van der Waals surface area contributed by atoms with Crippen molar-refractivity contribution in [1.82, 2.24) is 19.7 Å². The van der Waals surface area contributed by atoms with Crippen molar-refractivity contribution < 1.29 is 5.11 Å². The van der Waals surface area contributed by atoms with Gasteiger partial charge in [-0.15, -0.1) is 0 Å². The van der Waals surface area contributed by atoms with Crippen molar-refractivity contribution in [2.45, 2.75) is 39.0 Å². The third-order valence-electron chi connectivity index (χ3n) is 4.45. The van der Waals surface area contributed by atoms with E-state index in [-0.39, 0.29) is 6.61 Å². The Bertz CT molecular complexity index is 710. The van der Waals surface area contributed by atoms with Crippen LogP contribution in [0.25, 0.3) is 0 Å². The highest BCUT2D eigenvalue weighted by Gasteiger charge is 2.24. The number of anilines is 2. The Labute approximate surface area is 129 Å². The lowest BCUT2D eigenvalue weighted by molar-refractivity contribution is 0.275. The largest absolute Gasteiger partial charge is 0.390 e. The summed E-state index contributed by atoms with van der Waals surface area (Å²) < 4.78 is 1.97. The summed E-state index contributed by atoms with van der Waals surface area (Å²) in [7, 11) is 1.92. The minimum atomic E-state index is -0.0146. The number of fused-ring (bicyclic) bond motifs is 2. The molecule has 2 aromatic heterocycles. The van der Waals surface area contributed by atoms with Crippen molar-refractivity contribution in [2.75, 3.05) is 23.8 Å². The van der Waals surface area contributed by atoms with Gasteiger partial charge < -0.3 is 15.3 Å². The maximum absolute atomic E-state index is 9.22. The summed E-state index contributed by atoms with van der Waals surface area (Å²) in [5.74, 6) is 1.76. The van der Waals surface area contributed by atoms with E-state index in [2.05, 4.69) is 15.3 Å². The Morgan fingerprint density at radius 3 is 3.00 bits per heavy atom. The van der Waals surface area contributed by atoms with Crippen LogP contribution >= 0.6 is 0 Å². The van der Waals surface area contributed by atoms with Crippen molar-refractivity contribution in [3.05, 3.63) is 28.7 Å². The molecule has 2 N–H and O–H groups in total. The van der Waals surface area contributed by atoms with Crippen LogP contribution in [0.4, 0.5) is 11.8 Å². The second-order valence-electron chi connectivity index (χ2n) is 5.83. The summed E-state index contributed by atoms with van der Waals surface area (Å²) >= 11 is 0. The topological polar surface area (TPSA) is 79.1 Å². The third-order valence-corrected chi connectivity index (χ3v) is 4.45. The van der Waals surface area contributed by atoms with Crippen molar-refractivity contribution in [3.8, 4) is 0 Å². The van der Waals surface area contributed by atoms with Crippen LogP contribution in [0.3, 0.4) is 0 Å². The number of aliphatic hydroxyl groups excluding tert-OH is 1. The van der Waals surface area contributed by atoms with Crippen molar-refractivity contribution in [3.63, 3.8) is 0 Å². The fraction of sp³-hybridized carbons (Fsp3) is 0.533. The monoisotopic (exact) mass is 300 g/mol. The van der Waals surface area contributed by atoms with Crippen molar-refractivity contribution in [2.24, 2.45) is 0 Å². The maximum atomic E-state index is 9.22. The molecule has 0 amide bonds. The van der Waals surface area contributed by atoms with Gasteiger partial charge in [0.2, 0.25) is 5.95 Å². The molecule has 3 heterocycles. The van der Waals surface area contributed by atoms with Gasteiger partial charge in [0.05, 0.1) is 36.8 Å². The molecule has 7 heteroatoms. The van der Waals surface area contributed by atoms with E-state index < -0.39 is 0 Å². The highest BCUT2D eigenvalue weighted by Crippen LogP contribution is 2.29. The van der Waals surface area contributed by atoms with E-state index in [1.807, 2.05) is 17.8 Å². The van der Waals surface area contributed by atoms with Crippen LogP contribution in [0.2, 0.25) is 0 Å². The molecule has 0 aromatic carbocycles. The van der Waals surface area contributed by atoms with Crippen LogP contribution in [-0.4, -0.2) is 38.4 Å². The smallest absolute Gasteiger partial charge is 0.227 e. The van der Waals surface area contributed by atoms with Crippen LogP contribution in [-0.2, 0) is 32.5 Å². The molecule has 2 aromatic rings. The summed E-state index contributed by atoms with van der Waals surface area (Å²) in [4.78, 5) is 11.7. The van der Waals surface area contributed by atoms with Crippen molar-refractivity contribution >= 4 is 11.8 Å². The second kappa shape index (κ2) is 5.24. The van der Waals surface area contributed by atoms with Crippen molar-refractivity contribution in [1.29, 1.82) is 0 Å². The summed E-state index contributed by atoms with van der Waals surface area (Å²) in [6.07, 6.45) is 3.27.